The van der Waals surface area contributed by atoms with E-state index < -0.39 is 11.6 Å². The van der Waals surface area contributed by atoms with Gasteiger partial charge in [-0.2, -0.15) is 0 Å². The van der Waals surface area contributed by atoms with Crippen LogP contribution in [-0.2, 0) is 15.1 Å². The first kappa shape index (κ1) is 14.0. The van der Waals surface area contributed by atoms with Gasteiger partial charge in [-0.1, -0.05) is 30.3 Å². The summed E-state index contributed by atoms with van der Waals surface area (Å²) < 4.78 is 5.56. The molecular weight excluding hydrogens is 242 g/mol. The van der Waals surface area contributed by atoms with E-state index in [4.69, 9.17) is 4.74 Å². The minimum Gasteiger partial charge on any atom is -0.394 e. The molecule has 0 bridgehead atoms. The monoisotopic (exact) mass is 263 g/mol. The molecule has 1 aromatic carbocycles. The lowest BCUT2D eigenvalue weighted by Gasteiger charge is -2.30. The number of carbonyl (C=O) groups excluding carboxylic acids is 1. The zero-order valence-electron chi connectivity index (χ0n) is 11.4. The molecule has 1 aliphatic heterocycles. The number of nitrogens with one attached hydrogen (secondary N) is 1. The summed E-state index contributed by atoms with van der Waals surface area (Å²) in [4.78, 5) is 12.2. The molecule has 0 spiro atoms. The van der Waals surface area contributed by atoms with Crippen molar-refractivity contribution in [3.8, 4) is 0 Å². The van der Waals surface area contributed by atoms with Crippen LogP contribution in [0.2, 0.25) is 0 Å². The number of benzene rings is 1. The highest BCUT2D eigenvalue weighted by Crippen LogP contribution is 2.23. The number of aliphatic hydroxyl groups is 1. The lowest BCUT2D eigenvalue weighted by molar-refractivity contribution is -0.134. The van der Waals surface area contributed by atoms with Gasteiger partial charge in [-0.15, -0.1) is 0 Å². The molecule has 0 saturated carbocycles. The molecule has 1 fully saturated rings. The number of hydrogen-bond donors (Lipinski definition) is 2. The summed E-state index contributed by atoms with van der Waals surface area (Å²) in [5, 5.41) is 12.5. The van der Waals surface area contributed by atoms with Crippen LogP contribution in [0.4, 0.5) is 0 Å². The Morgan fingerprint density at radius 3 is 2.63 bits per heavy atom. The van der Waals surface area contributed by atoms with Gasteiger partial charge < -0.3 is 15.2 Å². The Morgan fingerprint density at radius 2 is 2.11 bits per heavy atom. The third kappa shape index (κ3) is 3.14. The standard InChI is InChI=1S/C15H21NO3/c1-11-8-9-13(19-11)14(18)16-15(2,10-17)12-6-4-3-5-7-12/h3-7,11,13,17H,8-10H2,1-2H3,(H,16,18). The van der Waals surface area contributed by atoms with Crippen molar-refractivity contribution in [2.75, 3.05) is 6.61 Å². The van der Waals surface area contributed by atoms with Crippen LogP contribution < -0.4 is 5.32 Å². The van der Waals surface area contributed by atoms with Crippen molar-refractivity contribution in [3.05, 3.63) is 35.9 Å². The second-order valence-electron chi connectivity index (χ2n) is 5.36. The maximum Gasteiger partial charge on any atom is 0.249 e. The highest BCUT2D eigenvalue weighted by molar-refractivity contribution is 5.82. The molecule has 3 unspecified atom stereocenters. The molecule has 2 N–H and O–H groups in total. The van der Waals surface area contributed by atoms with Crippen molar-refractivity contribution >= 4 is 5.91 Å². The number of hydrogen-bond acceptors (Lipinski definition) is 3. The van der Waals surface area contributed by atoms with Crippen molar-refractivity contribution in [1.82, 2.24) is 5.32 Å². The predicted octanol–water partition coefficient (Wildman–Crippen LogP) is 1.58. The molecule has 3 atom stereocenters. The SMILES string of the molecule is CC1CCC(C(=O)NC(C)(CO)c2ccccc2)O1. The van der Waals surface area contributed by atoms with Gasteiger partial charge in [0.1, 0.15) is 6.10 Å². The summed E-state index contributed by atoms with van der Waals surface area (Å²) in [6.45, 7) is 3.64. The Labute approximate surface area is 113 Å². The summed E-state index contributed by atoms with van der Waals surface area (Å²) in [5.41, 5.74) is 0.116. The van der Waals surface area contributed by atoms with Crippen molar-refractivity contribution in [3.63, 3.8) is 0 Å². The highest BCUT2D eigenvalue weighted by atomic mass is 16.5. The topological polar surface area (TPSA) is 58.6 Å². The second kappa shape index (κ2) is 5.72. The van der Waals surface area contributed by atoms with E-state index in [1.165, 1.54) is 0 Å². The highest BCUT2D eigenvalue weighted by Gasteiger charge is 2.34. The summed E-state index contributed by atoms with van der Waals surface area (Å²) >= 11 is 0. The summed E-state index contributed by atoms with van der Waals surface area (Å²) in [6.07, 6.45) is 1.38. The van der Waals surface area contributed by atoms with Crippen molar-refractivity contribution in [2.45, 2.75) is 44.4 Å². The average Bonchev–Trinajstić information content (AvgIpc) is 2.86. The van der Waals surface area contributed by atoms with E-state index in [1.54, 1.807) is 0 Å². The third-order valence-electron chi connectivity index (χ3n) is 3.65. The number of ether oxygens (including phenoxy) is 1. The molecule has 19 heavy (non-hydrogen) atoms. The Morgan fingerprint density at radius 1 is 1.42 bits per heavy atom. The smallest absolute Gasteiger partial charge is 0.249 e. The van der Waals surface area contributed by atoms with Gasteiger partial charge in [0.15, 0.2) is 0 Å². The van der Waals surface area contributed by atoms with Crippen LogP contribution in [0, 0.1) is 0 Å². The van der Waals surface area contributed by atoms with Gasteiger partial charge in [-0.3, -0.25) is 4.79 Å². The fraction of sp³-hybridized carbons (Fsp3) is 0.533. The molecule has 0 radical (unpaired) electrons. The van der Waals surface area contributed by atoms with E-state index in [0.29, 0.717) is 0 Å². The first-order valence-corrected chi connectivity index (χ1v) is 6.69. The minimum absolute atomic E-state index is 0.132. The molecule has 4 heteroatoms. The number of amides is 1. The molecule has 0 aliphatic carbocycles. The van der Waals surface area contributed by atoms with Crippen molar-refractivity contribution in [2.24, 2.45) is 0 Å². The Kier molecular flexibility index (Phi) is 4.22. The molecule has 1 heterocycles. The first-order valence-electron chi connectivity index (χ1n) is 6.69. The molecular formula is C15H21NO3. The van der Waals surface area contributed by atoms with E-state index in [-0.39, 0.29) is 18.6 Å². The molecule has 104 valence electrons. The predicted molar refractivity (Wildman–Crippen MR) is 72.6 cm³/mol. The normalized spacial score (nSPS) is 25.8. The second-order valence-corrected chi connectivity index (χ2v) is 5.36. The largest absolute Gasteiger partial charge is 0.394 e. The Balaban J connectivity index is 2.08. The van der Waals surface area contributed by atoms with Gasteiger partial charge in [0.2, 0.25) is 5.91 Å². The molecule has 1 aliphatic rings. The number of rotatable bonds is 4. The van der Waals surface area contributed by atoms with E-state index in [1.807, 2.05) is 44.2 Å². The van der Waals surface area contributed by atoms with Crippen LogP contribution in [0.3, 0.4) is 0 Å². The van der Waals surface area contributed by atoms with Gasteiger partial charge in [-0.05, 0) is 32.3 Å². The van der Waals surface area contributed by atoms with Crippen LogP contribution >= 0.6 is 0 Å². The third-order valence-corrected chi connectivity index (χ3v) is 3.65. The maximum absolute atomic E-state index is 12.2. The maximum atomic E-state index is 12.2. The fourth-order valence-electron chi connectivity index (χ4n) is 2.36. The lowest BCUT2D eigenvalue weighted by Crippen LogP contribution is -2.50. The fourth-order valence-corrected chi connectivity index (χ4v) is 2.36. The lowest BCUT2D eigenvalue weighted by atomic mass is 9.92. The van der Waals surface area contributed by atoms with Gasteiger partial charge >= 0.3 is 0 Å². The van der Waals surface area contributed by atoms with E-state index in [9.17, 15) is 9.90 Å². The van der Waals surface area contributed by atoms with Gasteiger partial charge in [0.25, 0.3) is 0 Å². The zero-order chi connectivity index (χ0) is 13.9. The van der Waals surface area contributed by atoms with Crippen LogP contribution in [-0.4, -0.2) is 29.8 Å². The Hall–Kier alpha value is -1.39. The van der Waals surface area contributed by atoms with E-state index >= 15 is 0 Å². The molecule has 1 amide bonds. The summed E-state index contributed by atoms with van der Waals surface area (Å²) in [6, 6.07) is 9.49. The van der Waals surface area contributed by atoms with E-state index in [0.717, 1.165) is 18.4 Å². The average molecular weight is 263 g/mol. The summed E-state index contributed by atoms with van der Waals surface area (Å²) in [5.74, 6) is -0.148. The van der Waals surface area contributed by atoms with Crippen molar-refractivity contribution < 1.29 is 14.6 Å². The minimum atomic E-state index is -0.770. The van der Waals surface area contributed by atoms with Crippen LogP contribution in [0.5, 0.6) is 0 Å². The first-order chi connectivity index (χ1) is 9.05. The molecule has 0 aromatic heterocycles. The number of aliphatic hydroxyl groups excluding tert-OH is 1. The summed E-state index contributed by atoms with van der Waals surface area (Å²) in [7, 11) is 0. The van der Waals surface area contributed by atoms with Crippen molar-refractivity contribution in [1.29, 1.82) is 0 Å². The molecule has 2 rings (SSSR count). The van der Waals surface area contributed by atoms with E-state index in [2.05, 4.69) is 5.32 Å². The zero-order valence-corrected chi connectivity index (χ0v) is 11.4. The van der Waals surface area contributed by atoms with Gasteiger partial charge in [0, 0.05) is 0 Å². The number of carbonyl (C=O) groups is 1. The van der Waals surface area contributed by atoms with Gasteiger partial charge in [0.05, 0.1) is 18.2 Å². The molecule has 1 aromatic rings. The van der Waals surface area contributed by atoms with Crippen LogP contribution in [0.15, 0.2) is 30.3 Å². The van der Waals surface area contributed by atoms with Crippen LogP contribution in [0.25, 0.3) is 0 Å². The molecule has 1 saturated heterocycles. The molecule has 4 nitrogen and oxygen atoms in total. The quantitative estimate of drug-likeness (QED) is 0.867. The van der Waals surface area contributed by atoms with Crippen LogP contribution in [0.1, 0.15) is 32.3 Å². The Bertz CT molecular complexity index is 434. The van der Waals surface area contributed by atoms with Gasteiger partial charge in [-0.25, -0.2) is 0 Å².